The van der Waals surface area contributed by atoms with Crippen LogP contribution in [0.15, 0.2) is 25.4 Å². The summed E-state index contributed by atoms with van der Waals surface area (Å²) in [6, 6.07) is 1.84. The highest BCUT2D eigenvalue weighted by Gasteiger charge is 1.92. The molecule has 1 rings (SSSR count). The summed E-state index contributed by atoms with van der Waals surface area (Å²) in [6.45, 7) is 7.21. The van der Waals surface area contributed by atoms with Crippen LogP contribution in [0.1, 0.15) is 11.3 Å². The Morgan fingerprint density at radius 2 is 2.10 bits per heavy atom. The minimum absolute atomic E-state index is 0.775. The molecule has 0 aliphatic heterocycles. The monoisotopic (exact) mass is 132 g/mol. The third kappa shape index (κ3) is 1.10. The van der Waals surface area contributed by atoms with Crippen molar-refractivity contribution in [3.63, 3.8) is 0 Å². The Hall–Kier alpha value is -1.44. The molecule has 0 aliphatic rings. The van der Waals surface area contributed by atoms with E-state index in [0.29, 0.717) is 0 Å². The van der Waals surface area contributed by atoms with Gasteiger partial charge < -0.3 is 0 Å². The summed E-state index contributed by atoms with van der Waals surface area (Å²) in [4.78, 5) is 0. The van der Waals surface area contributed by atoms with E-state index in [1.54, 1.807) is 18.3 Å². The molecule has 0 bridgehead atoms. The van der Waals surface area contributed by atoms with Crippen LogP contribution in [0.25, 0.3) is 12.2 Å². The van der Waals surface area contributed by atoms with Crippen molar-refractivity contribution in [2.75, 3.05) is 0 Å². The fraction of sp³-hybridized carbons (Fsp3) is 0. The first-order valence-electron chi connectivity index (χ1n) is 2.95. The van der Waals surface area contributed by atoms with Gasteiger partial charge in [-0.05, 0) is 12.1 Å². The van der Waals surface area contributed by atoms with Crippen molar-refractivity contribution in [3.8, 4) is 0 Å². The molecule has 1 aromatic heterocycles. The SMILES string of the molecule is C=Cc1ccnnc1C=C. The zero-order chi connectivity index (χ0) is 7.40. The second-order valence-electron chi connectivity index (χ2n) is 1.78. The maximum absolute atomic E-state index is 3.83. The van der Waals surface area contributed by atoms with E-state index >= 15 is 0 Å². The van der Waals surface area contributed by atoms with Crippen LogP contribution in [-0.2, 0) is 0 Å². The summed E-state index contributed by atoms with van der Waals surface area (Å²) < 4.78 is 0. The molecule has 0 unspecified atom stereocenters. The van der Waals surface area contributed by atoms with E-state index in [4.69, 9.17) is 0 Å². The number of aromatic nitrogens is 2. The molecular weight excluding hydrogens is 124 g/mol. The van der Waals surface area contributed by atoms with Crippen LogP contribution < -0.4 is 0 Å². The van der Waals surface area contributed by atoms with E-state index in [-0.39, 0.29) is 0 Å². The van der Waals surface area contributed by atoms with Gasteiger partial charge in [-0.1, -0.05) is 19.2 Å². The predicted octanol–water partition coefficient (Wildman–Crippen LogP) is 1.76. The molecule has 10 heavy (non-hydrogen) atoms. The summed E-state index contributed by atoms with van der Waals surface area (Å²) in [5.41, 5.74) is 1.74. The van der Waals surface area contributed by atoms with Gasteiger partial charge in [0.2, 0.25) is 0 Å². The fourth-order valence-corrected chi connectivity index (χ4v) is 0.684. The van der Waals surface area contributed by atoms with Crippen molar-refractivity contribution in [3.05, 3.63) is 36.7 Å². The number of nitrogens with zero attached hydrogens (tertiary/aromatic N) is 2. The van der Waals surface area contributed by atoms with Crippen molar-refractivity contribution in [1.82, 2.24) is 10.2 Å². The molecule has 2 heteroatoms. The van der Waals surface area contributed by atoms with E-state index in [1.807, 2.05) is 6.07 Å². The highest BCUT2D eigenvalue weighted by molar-refractivity contribution is 5.59. The van der Waals surface area contributed by atoms with Crippen LogP contribution in [-0.4, -0.2) is 10.2 Å². The van der Waals surface area contributed by atoms with Gasteiger partial charge in [0.05, 0.1) is 11.9 Å². The molecule has 1 heterocycles. The highest BCUT2D eigenvalue weighted by atomic mass is 15.1. The lowest BCUT2D eigenvalue weighted by atomic mass is 10.2. The van der Waals surface area contributed by atoms with E-state index in [0.717, 1.165) is 11.3 Å². The third-order valence-electron chi connectivity index (χ3n) is 1.20. The Bertz CT molecular complexity index is 226. The first-order chi connectivity index (χ1) is 4.88. The van der Waals surface area contributed by atoms with E-state index in [9.17, 15) is 0 Å². The van der Waals surface area contributed by atoms with Crippen LogP contribution in [0, 0.1) is 0 Å². The zero-order valence-corrected chi connectivity index (χ0v) is 5.62. The Labute approximate surface area is 59.9 Å². The second kappa shape index (κ2) is 2.92. The lowest BCUT2D eigenvalue weighted by molar-refractivity contribution is 1.01. The average Bonchev–Trinajstić information content (AvgIpc) is 2.04. The molecule has 0 aliphatic carbocycles. The Morgan fingerprint density at radius 1 is 1.30 bits per heavy atom. The van der Waals surface area contributed by atoms with Crippen molar-refractivity contribution in [2.24, 2.45) is 0 Å². The van der Waals surface area contributed by atoms with Gasteiger partial charge in [-0.25, -0.2) is 0 Å². The first kappa shape index (κ1) is 6.68. The smallest absolute Gasteiger partial charge is 0.0923 e. The van der Waals surface area contributed by atoms with Gasteiger partial charge in [0.25, 0.3) is 0 Å². The van der Waals surface area contributed by atoms with Gasteiger partial charge in [0.1, 0.15) is 0 Å². The van der Waals surface area contributed by atoms with Gasteiger partial charge in [-0.3, -0.25) is 0 Å². The molecule has 0 atom stereocenters. The van der Waals surface area contributed by atoms with Gasteiger partial charge in [0.15, 0.2) is 0 Å². The molecule has 0 radical (unpaired) electrons. The maximum Gasteiger partial charge on any atom is 0.0923 e. The second-order valence-corrected chi connectivity index (χ2v) is 1.78. The Balaban J connectivity index is 3.20. The average molecular weight is 132 g/mol. The fourth-order valence-electron chi connectivity index (χ4n) is 0.684. The lowest BCUT2D eigenvalue weighted by Crippen LogP contribution is -1.87. The number of rotatable bonds is 2. The minimum atomic E-state index is 0.775. The van der Waals surface area contributed by atoms with Crippen molar-refractivity contribution >= 4 is 12.2 Å². The topological polar surface area (TPSA) is 25.8 Å². The molecule has 50 valence electrons. The molecule has 1 aromatic rings. The van der Waals surface area contributed by atoms with Gasteiger partial charge in [-0.2, -0.15) is 10.2 Å². The standard InChI is InChI=1S/C8H8N2/c1-3-7-5-6-9-10-8(7)4-2/h3-6H,1-2H2. The van der Waals surface area contributed by atoms with Crippen molar-refractivity contribution < 1.29 is 0 Å². The molecular formula is C8H8N2. The molecule has 0 saturated carbocycles. The molecule has 0 saturated heterocycles. The van der Waals surface area contributed by atoms with Crippen molar-refractivity contribution in [2.45, 2.75) is 0 Å². The summed E-state index contributed by atoms with van der Waals surface area (Å²) in [5.74, 6) is 0. The van der Waals surface area contributed by atoms with E-state index in [1.165, 1.54) is 0 Å². The van der Waals surface area contributed by atoms with Crippen LogP contribution in [0.3, 0.4) is 0 Å². The summed E-state index contributed by atoms with van der Waals surface area (Å²) in [5, 5.41) is 7.52. The van der Waals surface area contributed by atoms with E-state index in [2.05, 4.69) is 23.4 Å². The molecule has 0 N–H and O–H groups in total. The summed E-state index contributed by atoms with van der Waals surface area (Å²) in [6.07, 6.45) is 5.01. The summed E-state index contributed by atoms with van der Waals surface area (Å²) >= 11 is 0. The number of hydrogen-bond donors (Lipinski definition) is 0. The summed E-state index contributed by atoms with van der Waals surface area (Å²) in [7, 11) is 0. The largest absolute Gasteiger partial charge is 0.159 e. The normalized spacial score (nSPS) is 8.80. The van der Waals surface area contributed by atoms with Gasteiger partial charge in [0, 0.05) is 5.56 Å². The molecule has 0 amide bonds. The van der Waals surface area contributed by atoms with Crippen LogP contribution in [0.2, 0.25) is 0 Å². The zero-order valence-electron chi connectivity index (χ0n) is 5.62. The highest BCUT2D eigenvalue weighted by Crippen LogP contribution is 2.05. The Kier molecular flexibility index (Phi) is 1.95. The lowest BCUT2D eigenvalue weighted by Gasteiger charge is -1.94. The van der Waals surface area contributed by atoms with E-state index < -0.39 is 0 Å². The third-order valence-corrected chi connectivity index (χ3v) is 1.20. The van der Waals surface area contributed by atoms with Crippen LogP contribution >= 0.6 is 0 Å². The van der Waals surface area contributed by atoms with Crippen LogP contribution in [0.4, 0.5) is 0 Å². The van der Waals surface area contributed by atoms with Gasteiger partial charge >= 0.3 is 0 Å². The number of hydrogen-bond acceptors (Lipinski definition) is 2. The van der Waals surface area contributed by atoms with Crippen LogP contribution in [0.5, 0.6) is 0 Å². The predicted molar refractivity (Wildman–Crippen MR) is 42.2 cm³/mol. The Morgan fingerprint density at radius 3 is 2.60 bits per heavy atom. The van der Waals surface area contributed by atoms with Gasteiger partial charge in [-0.15, -0.1) is 0 Å². The molecule has 0 aromatic carbocycles. The molecule has 2 nitrogen and oxygen atoms in total. The molecule has 0 spiro atoms. The molecule has 0 fully saturated rings. The first-order valence-corrected chi connectivity index (χ1v) is 2.95. The quantitative estimate of drug-likeness (QED) is 0.612. The van der Waals surface area contributed by atoms with Crippen molar-refractivity contribution in [1.29, 1.82) is 0 Å². The maximum atomic E-state index is 3.83. The minimum Gasteiger partial charge on any atom is -0.159 e.